The Kier molecular flexibility index (Phi) is 7.41. The molecule has 0 aliphatic rings. The molecular weight excluding hydrogens is 342 g/mol. The molecule has 0 saturated carbocycles. The summed E-state index contributed by atoms with van der Waals surface area (Å²) < 4.78 is 10.5. The van der Waals surface area contributed by atoms with Crippen molar-refractivity contribution in [2.45, 2.75) is 40.0 Å². The molecule has 1 N–H and O–H groups in total. The van der Waals surface area contributed by atoms with E-state index >= 15 is 0 Å². The number of anilines is 1. The van der Waals surface area contributed by atoms with Crippen LogP contribution in [0.2, 0.25) is 0 Å². The minimum atomic E-state index is -0.583. The Hall–Kier alpha value is -2.82. The molecule has 5 nitrogen and oxygen atoms in total. The molecule has 0 aliphatic carbocycles. The molecule has 27 heavy (non-hydrogen) atoms. The van der Waals surface area contributed by atoms with Crippen LogP contribution in [0.15, 0.2) is 42.5 Å². The monoisotopic (exact) mass is 369 g/mol. The Labute approximate surface area is 160 Å². The Balaban J connectivity index is 1.82. The molecule has 1 amide bonds. The van der Waals surface area contributed by atoms with E-state index in [-0.39, 0.29) is 19.1 Å². The van der Waals surface area contributed by atoms with Gasteiger partial charge in [0.1, 0.15) is 5.75 Å². The van der Waals surface area contributed by atoms with Crippen molar-refractivity contribution in [2.75, 3.05) is 18.5 Å². The molecule has 0 bridgehead atoms. The van der Waals surface area contributed by atoms with E-state index in [2.05, 4.69) is 19.2 Å². The Morgan fingerprint density at radius 2 is 1.81 bits per heavy atom. The first-order chi connectivity index (χ1) is 12.9. The second-order valence-electron chi connectivity index (χ2n) is 6.66. The average molecular weight is 369 g/mol. The van der Waals surface area contributed by atoms with Crippen molar-refractivity contribution in [2.24, 2.45) is 0 Å². The number of para-hydroxylation sites is 1. The summed E-state index contributed by atoms with van der Waals surface area (Å²) in [6.07, 6.45) is 0.970. The van der Waals surface area contributed by atoms with Crippen LogP contribution < -0.4 is 10.1 Å². The van der Waals surface area contributed by atoms with E-state index in [9.17, 15) is 9.59 Å². The molecule has 2 rings (SSSR count). The minimum Gasteiger partial charge on any atom is -0.482 e. The third-order valence-electron chi connectivity index (χ3n) is 4.42. The number of hydrogen-bond acceptors (Lipinski definition) is 4. The van der Waals surface area contributed by atoms with Crippen LogP contribution in [-0.4, -0.2) is 25.1 Å². The van der Waals surface area contributed by atoms with Crippen molar-refractivity contribution in [3.63, 3.8) is 0 Å². The number of rotatable bonds is 8. The molecular formula is C22H27NO4. The number of carbonyl (C=O) groups is 2. The summed E-state index contributed by atoms with van der Waals surface area (Å²) in [6.45, 7) is 7.53. The number of carbonyl (C=O) groups excluding carboxylic acids is 2. The van der Waals surface area contributed by atoms with E-state index in [1.807, 2.05) is 56.3 Å². The number of nitrogens with one attached hydrogen (secondary N) is 1. The second-order valence-corrected chi connectivity index (χ2v) is 6.66. The van der Waals surface area contributed by atoms with Crippen LogP contribution in [0.25, 0.3) is 0 Å². The molecule has 5 heteroatoms. The van der Waals surface area contributed by atoms with E-state index in [1.165, 1.54) is 0 Å². The lowest BCUT2D eigenvalue weighted by molar-refractivity contribution is -0.149. The molecule has 0 aromatic heterocycles. The van der Waals surface area contributed by atoms with Crippen LogP contribution in [0.1, 0.15) is 42.9 Å². The second kappa shape index (κ2) is 9.76. The summed E-state index contributed by atoms with van der Waals surface area (Å²) in [5.74, 6) is 0.00522. The van der Waals surface area contributed by atoms with Gasteiger partial charge in [-0.15, -0.1) is 0 Å². The number of esters is 1. The van der Waals surface area contributed by atoms with Gasteiger partial charge in [-0.3, -0.25) is 4.79 Å². The van der Waals surface area contributed by atoms with Gasteiger partial charge in [0.15, 0.2) is 13.2 Å². The SMILES string of the molecule is CC[C@H](C)c1ccccc1NC(=O)COC(=O)COc1ccc(C)cc1C. The molecule has 0 saturated heterocycles. The maximum absolute atomic E-state index is 12.1. The van der Waals surface area contributed by atoms with E-state index in [0.717, 1.165) is 28.8 Å². The summed E-state index contributed by atoms with van der Waals surface area (Å²) in [7, 11) is 0. The lowest BCUT2D eigenvalue weighted by atomic mass is 9.97. The highest BCUT2D eigenvalue weighted by Crippen LogP contribution is 2.26. The first kappa shape index (κ1) is 20.5. The lowest BCUT2D eigenvalue weighted by Gasteiger charge is -2.15. The summed E-state index contributed by atoms with van der Waals surface area (Å²) >= 11 is 0. The van der Waals surface area contributed by atoms with E-state index < -0.39 is 5.97 Å². The average Bonchev–Trinajstić information content (AvgIpc) is 2.65. The number of amides is 1. The van der Waals surface area contributed by atoms with Gasteiger partial charge in [-0.05, 0) is 49.4 Å². The maximum atomic E-state index is 12.1. The number of aryl methyl sites for hydroxylation is 2. The fraction of sp³-hybridized carbons (Fsp3) is 0.364. The molecule has 144 valence electrons. The highest BCUT2D eigenvalue weighted by Gasteiger charge is 2.13. The van der Waals surface area contributed by atoms with Gasteiger partial charge in [0, 0.05) is 5.69 Å². The lowest BCUT2D eigenvalue weighted by Crippen LogP contribution is -2.24. The van der Waals surface area contributed by atoms with Gasteiger partial charge < -0.3 is 14.8 Å². The number of hydrogen-bond donors (Lipinski definition) is 1. The zero-order valence-corrected chi connectivity index (χ0v) is 16.4. The first-order valence-electron chi connectivity index (χ1n) is 9.15. The minimum absolute atomic E-state index is 0.235. The van der Waals surface area contributed by atoms with Crippen molar-refractivity contribution in [3.05, 3.63) is 59.2 Å². The van der Waals surface area contributed by atoms with E-state index in [0.29, 0.717) is 11.7 Å². The van der Waals surface area contributed by atoms with Gasteiger partial charge in [0.25, 0.3) is 5.91 Å². The standard InChI is InChI=1S/C22H27NO4/c1-5-16(3)18-8-6-7-9-19(18)23-21(24)13-27-22(25)14-26-20-11-10-15(2)12-17(20)4/h6-12,16H,5,13-14H2,1-4H3,(H,23,24)/t16-/m0/s1. The summed E-state index contributed by atoms with van der Waals surface area (Å²) in [5, 5.41) is 2.81. The van der Waals surface area contributed by atoms with E-state index in [1.54, 1.807) is 0 Å². The van der Waals surface area contributed by atoms with Gasteiger partial charge in [-0.2, -0.15) is 0 Å². The summed E-state index contributed by atoms with van der Waals surface area (Å²) in [6, 6.07) is 13.4. The maximum Gasteiger partial charge on any atom is 0.344 e. The van der Waals surface area contributed by atoms with Crippen molar-refractivity contribution in [1.29, 1.82) is 0 Å². The van der Waals surface area contributed by atoms with Crippen LogP contribution >= 0.6 is 0 Å². The zero-order valence-electron chi connectivity index (χ0n) is 16.4. The fourth-order valence-electron chi connectivity index (χ4n) is 2.73. The van der Waals surface area contributed by atoms with Crippen molar-refractivity contribution >= 4 is 17.6 Å². The molecule has 0 unspecified atom stereocenters. The van der Waals surface area contributed by atoms with Crippen LogP contribution in [-0.2, 0) is 14.3 Å². The predicted molar refractivity (Wildman–Crippen MR) is 106 cm³/mol. The van der Waals surface area contributed by atoms with Crippen molar-refractivity contribution in [3.8, 4) is 5.75 Å². The molecule has 0 heterocycles. The number of ether oxygens (including phenoxy) is 2. The van der Waals surface area contributed by atoms with Crippen LogP contribution in [0, 0.1) is 13.8 Å². The fourth-order valence-corrected chi connectivity index (χ4v) is 2.73. The highest BCUT2D eigenvalue weighted by atomic mass is 16.6. The third kappa shape index (κ3) is 6.13. The Morgan fingerprint density at radius 1 is 1.07 bits per heavy atom. The van der Waals surface area contributed by atoms with Gasteiger partial charge >= 0.3 is 5.97 Å². The molecule has 0 radical (unpaired) electrons. The molecule has 0 aliphatic heterocycles. The summed E-state index contributed by atoms with van der Waals surface area (Å²) in [4.78, 5) is 24.0. The first-order valence-corrected chi connectivity index (χ1v) is 9.15. The largest absolute Gasteiger partial charge is 0.482 e. The molecule has 0 spiro atoms. The molecule has 2 aromatic carbocycles. The highest BCUT2D eigenvalue weighted by molar-refractivity contribution is 5.93. The summed E-state index contributed by atoms with van der Waals surface area (Å²) in [5.41, 5.74) is 3.89. The quantitative estimate of drug-likeness (QED) is 0.702. The zero-order chi connectivity index (χ0) is 19.8. The third-order valence-corrected chi connectivity index (χ3v) is 4.42. The van der Waals surface area contributed by atoms with Gasteiger partial charge in [-0.25, -0.2) is 4.79 Å². The van der Waals surface area contributed by atoms with Gasteiger partial charge in [0.05, 0.1) is 0 Å². The van der Waals surface area contributed by atoms with Crippen molar-refractivity contribution in [1.82, 2.24) is 0 Å². The van der Waals surface area contributed by atoms with Crippen LogP contribution in [0.5, 0.6) is 5.75 Å². The molecule has 0 fully saturated rings. The Morgan fingerprint density at radius 3 is 2.52 bits per heavy atom. The number of benzene rings is 2. The van der Waals surface area contributed by atoms with Gasteiger partial charge in [-0.1, -0.05) is 49.7 Å². The van der Waals surface area contributed by atoms with Gasteiger partial charge in [0.2, 0.25) is 0 Å². The smallest absolute Gasteiger partial charge is 0.344 e. The van der Waals surface area contributed by atoms with Crippen molar-refractivity contribution < 1.29 is 19.1 Å². The predicted octanol–water partition coefficient (Wildman–Crippen LogP) is 4.38. The molecule has 2 aromatic rings. The van der Waals surface area contributed by atoms with Crippen LogP contribution in [0.4, 0.5) is 5.69 Å². The Bertz CT molecular complexity index is 801. The topological polar surface area (TPSA) is 64.6 Å². The normalized spacial score (nSPS) is 11.6. The van der Waals surface area contributed by atoms with Crippen LogP contribution in [0.3, 0.4) is 0 Å². The molecule has 1 atom stereocenters. The van der Waals surface area contributed by atoms with E-state index in [4.69, 9.17) is 9.47 Å².